The van der Waals surface area contributed by atoms with Crippen LogP contribution < -0.4 is 0 Å². The van der Waals surface area contributed by atoms with Crippen LogP contribution >= 0.6 is 0 Å². The summed E-state index contributed by atoms with van der Waals surface area (Å²) in [6.07, 6.45) is 0.876. The molecule has 1 rings (SSSR count). The Labute approximate surface area is 278 Å². The summed E-state index contributed by atoms with van der Waals surface area (Å²) >= 11 is 0. The minimum absolute atomic E-state index is 0.00535. The lowest BCUT2D eigenvalue weighted by molar-refractivity contribution is -0.0270. The molecule has 1 aromatic rings. The maximum absolute atomic E-state index is 12.0. The van der Waals surface area contributed by atoms with E-state index in [1.54, 1.807) is 12.1 Å². The number of hydrogen-bond acceptors (Lipinski definition) is 13. The maximum Gasteiger partial charge on any atom is 0.339 e. The largest absolute Gasteiger partial charge is 0.478 e. The topological polar surface area (TPSA) is 156 Å². The Kier molecular flexibility index (Phi) is 29.0. The molecule has 0 radical (unpaired) electrons. The van der Waals surface area contributed by atoms with Crippen molar-refractivity contribution < 1.29 is 66.8 Å². The van der Waals surface area contributed by atoms with Gasteiger partial charge in [0.15, 0.2) is 0 Å². The van der Waals surface area contributed by atoms with Crippen molar-refractivity contribution in [2.24, 2.45) is 0 Å². The fourth-order valence-electron chi connectivity index (χ4n) is 3.45. The zero-order valence-electron chi connectivity index (χ0n) is 27.8. The predicted octanol–water partition coefficient (Wildman–Crippen LogP) is 2.67. The number of hydrogen-bond donors (Lipinski definition) is 1. The van der Waals surface area contributed by atoms with Gasteiger partial charge in [-0.1, -0.05) is 17.7 Å². The zero-order chi connectivity index (χ0) is 34.0. The van der Waals surface area contributed by atoms with Crippen molar-refractivity contribution in [1.29, 1.82) is 0 Å². The van der Waals surface area contributed by atoms with E-state index in [0.29, 0.717) is 126 Å². The fraction of sp³-hybridized carbons (Fsp3) is 0.697. The van der Waals surface area contributed by atoms with Crippen LogP contribution in [0.15, 0.2) is 36.4 Å². The zero-order valence-corrected chi connectivity index (χ0v) is 27.8. The summed E-state index contributed by atoms with van der Waals surface area (Å²) in [6, 6.07) is 5.88. The van der Waals surface area contributed by atoms with Crippen molar-refractivity contribution in [2.75, 3.05) is 139 Å². The quantitative estimate of drug-likeness (QED) is 0.0637. The number of carboxylic acids is 1. The average molecular weight is 675 g/mol. The molecule has 1 N–H and O–H groups in total. The third-order valence-corrected chi connectivity index (χ3v) is 5.86. The van der Waals surface area contributed by atoms with Crippen LogP contribution in [0.4, 0.5) is 0 Å². The summed E-state index contributed by atoms with van der Waals surface area (Å²) in [6.45, 7) is 15.2. The lowest BCUT2D eigenvalue weighted by Crippen LogP contribution is -2.16. The Morgan fingerprint density at radius 2 is 0.766 bits per heavy atom. The molecule has 0 bridgehead atoms. The fourth-order valence-corrected chi connectivity index (χ4v) is 3.45. The van der Waals surface area contributed by atoms with Gasteiger partial charge in [0.05, 0.1) is 143 Å². The number of carbonyl (C=O) groups excluding carboxylic acids is 1. The first kappa shape index (κ1) is 42.5. The number of ether oxygens (including phenoxy) is 11. The molecule has 0 aliphatic heterocycles. The Morgan fingerprint density at radius 1 is 0.489 bits per heavy atom. The van der Waals surface area contributed by atoms with Crippen molar-refractivity contribution in [2.45, 2.75) is 13.3 Å². The molecule has 270 valence electrons. The summed E-state index contributed by atoms with van der Waals surface area (Å²) in [7, 11) is 0. The van der Waals surface area contributed by atoms with Gasteiger partial charge in [-0.3, -0.25) is 0 Å². The minimum atomic E-state index is -1.19. The van der Waals surface area contributed by atoms with E-state index in [0.717, 1.165) is 12.0 Å². The van der Waals surface area contributed by atoms with Crippen LogP contribution in [0.5, 0.6) is 0 Å². The van der Waals surface area contributed by atoms with Crippen molar-refractivity contribution in [3.63, 3.8) is 0 Å². The minimum Gasteiger partial charge on any atom is -0.478 e. The van der Waals surface area contributed by atoms with E-state index < -0.39 is 11.9 Å². The second-order valence-corrected chi connectivity index (χ2v) is 9.82. The highest BCUT2D eigenvalue weighted by Crippen LogP contribution is 2.10. The van der Waals surface area contributed by atoms with E-state index in [1.807, 2.05) is 6.92 Å². The normalized spacial score (nSPS) is 11.2. The van der Waals surface area contributed by atoms with Gasteiger partial charge in [0.2, 0.25) is 0 Å². The molecule has 0 amide bonds. The highest BCUT2D eigenvalue weighted by Gasteiger charge is 2.16. The number of carbonyl (C=O) groups is 2. The molecule has 0 saturated carbocycles. The van der Waals surface area contributed by atoms with Crippen molar-refractivity contribution >= 4 is 11.9 Å². The first-order valence-electron chi connectivity index (χ1n) is 15.9. The van der Waals surface area contributed by atoms with E-state index in [2.05, 4.69) is 6.58 Å². The number of esters is 1. The standard InChI is InChI=1S/C33H54O14/c1-29(2)7-8-37-9-10-38-11-12-39-13-14-40-15-16-41-17-18-42-19-20-43-21-22-44-23-24-45-25-26-46-27-28-47-33(36)31-6-4-3-5-30(31)32(34)35/h3-6H,1,7-28H2,2H3,(H,34,35). The van der Waals surface area contributed by atoms with E-state index >= 15 is 0 Å². The molecule has 14 nitrogen and oxygen atoms in total. The molecule has 1 aromatic carbocycles. The molecule has 0 spiro atoms. The molecule has 0 aliphatic carbocycles. The lowest BCUT2D eigenvalue weighted by atomic mass is 10.1. The predicted molar refractivity (Wildman–Crippen MR) is 171 cm³/mol. The Bertz CT molecular complexity index is 913. The smallest absolute Gasteiger partial charge is 0.339 e. The SMILES string of the molecule is C=C(C)CCOCCOCCOCCOCCOCCOCCOCCOCCOCCOCCOC(=O)c1ccccc1C(=O)O. The summed E-state index contributed by atoms with van der Waals surface area (Å²) in [5.74, 6) is -1.89. The van der Waals surface area contributed by atoms with Crippen LogP contribution in [-0.4, -0.2) is 156 Å². The first-order valence-corrected chi connectivity index (χ1v) is 15.9. The molecular weight excluding hydrogens is 620 g/mol. The Hall–Kier alpha value is -2.50. The van der Waals surface area contributed by atoms with Crippen LogP contribution in [0.1, 0.15) is 34.1 Å². The molecular formula is C33H54O14. The number of aromatic carboxylic acids is 1. The molecule has 0 aromatic heterocycles. The van der Waals surface area contributed by atoms with Gasteiger partial charge in [-0.05, 0) is 25.5 Å². The van der Waals surface area contributed by atoms with E-state index in [-0.39, 0.29) is 24.3 Å². The van der Waals surface area contributed by atoms with Gasteiger partial charge < -0.3 is 57.2 Å². The van der Waals surface area contributed by atoms with Gasteiger partial charge in [-0.25, -0.2) is 9.59 Å². The molecule has 0 saturated heterocycles. The van der Waals surface area contributed by atoms with E-state index in [1.165, 1.54) is 12.1 Å². The third kappa shape index (κ3) is 27.2. The summed E-state index contributed by atoms with van der Waals surface area (Å²) in [5, 5.41) is 9.13. The molecule has 0 fully saturated rings. The van der Waals surface area contributed by atoms with Crippen LogP contribution in [-0.2, 0) is 52.1 Å². The van der Waals surface area contributed by atoms with Gasteiger partial charge in [0.25, 0.3) is 0 Å². The van der Waals surface area contributed by atoms with Crippen LogP contribution in [0.25, 0.3) is 0 Å². The van der Waals surface area contributed by atoms with E-state index in [9.17, 15) is 9.59 Å². The van der Waals surface area contributed by atoms with Crippen molar-refractivity contribution in [3.8, 4) is 0 Å². The number of carboxylic acid groups (broad SMARTS) is 1. The second kappa shape index (κ2) is 32.1. The highest BCUT2D eigenvalue weighted by molar-refractivity contribution is 6.02. The van der Waals surface area contributed by atoms with Gasteiger partial charge in [0.1, 0.15) is 6.61 Å². The lowest BCUT2D eigenvalue weighted by Gasteiger charge is -2.09. The number of benzene rings is 1. The van der Waals surface area contributed by atoms with Gasteiger partial charge in [-0.2, -0.15) is 0 Å². The highest BCUT2D eigenvalue weighted by atomic mass is 16.6. The summed E-state index contributed by atoms with van der Waals surface area (Å²) in [4.78, 5) is 23.2. The maximum atomic E-state index is 12.0. The van der Waals surface area contributed by atoms with Crippen LogP contribution in [0.2, 0.25) is 0 Å². The second-order valence-electron chi connectivity index (χ2n) is 9.82. The molecule has 0 heterocycles. The van der Waals surface area contributed by atoms with Gasteiger partial charge in [-0.15, -0.1) is 6.58 Å². The monoisotopic (exact) mass is 674 g/mol. The molecule has 14 heteroatoms. The van der Waals surface area contributed by atoms with E-state index in [4.69, 9.17) is 57.2 Å². The molecule has 47 heavy (non-hydrogen) atoms. The third-order valence-electron chi connectivity index (χ3n) is 5.86. The molecule has 0 aliphatic rings. The number of rotatable bonds is 35. The summed E-state index contributed by atoms with van der Waals surface area (Å²) in [5.41, 5.74) is 1.02. The summed E-state index contributed by atoms with van der Waals surface area (Å²) < 4.78 is 59.4. The van der Waals surface area contributed by atoms with Crippen molar-refractivity contribution in [3.05, 3.63) is 47.5 Å². The van der Waals surface area contributed by atoms with Crippen LogP contribution in [0.3, 0.4) is 0 Å². The van der Waals surface area contributed by atoms with Crippen LogP contribution in [0, 0.1) is 0 Å². The van der Waals surface area contributed by atoms with Gasteiger partial charge in [0, 0.05) is 0 Å². The Balaban J connectivity index is 1.70. The average Bonchev–Trinajstić information content (AvgIpc) is 3.06. The van der Waals surface area contributed by atoms with Gasteiger partial charge >= 0.3 is 11.9 Å². The first-order chi connectivity index (χ1) is 23.0. The Morgan fingerprint density at radius 3 is 1.06 bits per heavy atom. The molecule has 0 atom stereocenters. The molecule has 0 unspecified atom stereocenters. The van der Waals surface area contributed by atoms with Crippen molar-refractivity contribution in [1.82, 2.24) is 0 Å².